The minimum absolute atomic E-state index is 0.128. The van der Waals surface area contributed by atoms with Crippen LogP contribution in [-0.4, -0.2) is 15.9 Å². The third-order valence-electron chi connectivity index (χ3n) is 3.45. The molecule has 106 valence electrons. The Kier molecular flexibility index (Phi) is 3.62. The number of hydrogen-bond acceptors (Lipinski definition) is 2. The molecule has 0 spiro atoms. The first kappa shape index (κ1) is 13.6. The molecule has 0 aliphatic carbocycles. The van der Waals surface area contributed by atoms with E-state index in [1.807, 2.05) is 31.2 Å². The Morgan fingerprint density at radius 1 is 1.29 bits per heavy atom. The van der Waals surface area contributed by atoms with E-state index in [2.05, 4.69) is 15.3 Å². The van der Waals surface area contributed by atoms with Crippen LogP contribution < -0.4 is 5.32 Å². The minimum Gasteiger partial charge on any atom is -0.350 e. The zero-order valence-electron chi connectivity index (χ0n) is 11.5. The van der Waals surface area contributed by atoms with Crippen molar-refractivity contribution in [3.8, 4) is 0 Å². The number of carbonyl (C=O) groups is 1. The van der Waals surface area contributed by atoms with Crippen molar-refractivity contribution in [3.05, 3.63) is 64.6 Å². The molecule has 5 heteroatoms. The number of H-pyrrole nitrogens is 1. The van der Waals surface area contributed by atoms with E-state index >= 15 is 0 Å². The van der Waals surface area contributed by atoms with Gasteiger partial charge in [-0.05, 0) is 48.4 Å². The van der Waals surface area contributed by atoms with Crippen LogP contribution in [0.2, 0.25) is 5.02 Å². The first-order valence-corrected chi connectivity index (χ1v) is 6.98. The maximum absolute atomic E-state index is 12.3. The van der Waals surface area contributed by atoms with E-state index in [4.69, 9.17) is 11.6 Å². The molecule has 4 nitrogen and oxygen atoms in total. The van der Waals surface area contributed by atoms with E-state index in [0.717, 1.165) is 22.0 Å². The molecule has 0 unspecified atom stereocenters. The summed E-state index contributed by atoms with van der Waals surface area (Å²) in [5.74, 6) is -0.128. The van der Waals surface area contributed by atoms with Crippen molar-refractivity contribution >= 4 is 28.4 Å². The Bertz CT molecular complexity index is 796. The van der Waals surface area contributed by atoms with Crippen molar-refractivity contribution in [3.63, 3.8) is 0 Å². The second-order valence-corrected chi connectivity index (χ2v) is 5.29. The predicted octanol–water partition coefficient (Wildman–Crippen LogP) is 3.45. The molecule has 0 atom stereocenters. The van der Waals surface area contributed by atoms with E-state index in [1.54, 1.807) is 18.5 Å². The van der Waals surface area contributed by atoms with Gasteiger partial charge in [0.05, 0.1) is 0 Å². The van der Waals surface area contributed by atoms with Crippen LogP contribution in [0.5, 0.6) is 0 Å². The van der Waals surface area contributed by atoms with Gasteiger partial charge in [-0.2, -0.15) is 0 Å². The zero-order chi connectivity index (χ0) is 14.8. The van der Waals surface area contributed by atoms with Crippen LogP contribution in [-0.2, 0) is 6.54 Å². The van der Waals surface area contributed by atoms with Gasteiger partial charge < -0.3 is 10.3 Å². The fourth-order valence-electron chi connectivity index (χ4n) is 2.30. The number of carbonyl (C=O) groups excluding carboxylic acids is 1. The van der Waals surface area contributed by atoms with Gasteiger partial charge in [-0.15, -0.1) is 0 Å². The van der Waals surface area contributed by atoms with Gasteiger partial charge in [0.2, 0.25) is 0 Å². The highest BCUT2D eigenvalue weighted by Crippen LogP contribution is 2.24. The van der Waals surface area contributed by atoms with Crippen molar-refractivity contribution in [2.75, 3.05) is 0 Å². The van der Waals surface area contributed by atoms with E-state index in [1.165, 1.54) is 0 Å². The molecule has 0 bridgehead atoms. The molecule has 0 saturated carbocycles. The van der Waals surface area contributed by atoms with Crippen LogP contribution in [0.15, 0.2) is 42.7 Å². The number of halogens is 1. The number of fused-ring (bicyclic) bond motifs is 1. The highest BCUT2D eigenvalue weighted by molar-refractivity contribution is 6.31. The zero-order valence-corrected chi connectivity index (χ0v) is 12.2. The summed E-state index contributed by atoms with van der Waals surface area (Å²) in [5, 5.41) is 4.53. The number of rotatable bonds is 3. The minimum atomic E-state index is -0.128. The highest BCUT2D eigenvalue weighted by Gasteiger charge is 2.14. The van der Waals surface area contributed by atoms with Gasteiger partial charge in [0.25, 0.3) is 5.91 Å². The monoisotopic (exact) mass is 299 g/mol. The van der Waals surface area contributed by atoms with Gasteiger partial charge in [-0.25, -0.2) is 0 Å². The number of aryl methyl sites for hydroxylation is 1. The fourth-order valence-corrected chi connectivity index (χ4v) is 2.47. The average molecular weight is 300 g/mol. The fraction of sp³-hybridized carbons (Fsp3) is 0.125. The first-order chi connectivity index (χ1) is 10.1. The lowest BCUT2D eigenvalue weighted by atomic mass is 10.1. The van der Waals surface area contributed by atoms with Gasteiger partial charge >= 0.3 is 0 Å². The van der Waals surface area contributed by atoms with Crippen molar-refractivity contribution in [1.29, 1.82) is 0 Å². The van der Waals surface area contributed by atoms with Crippen molar-refractivity contribution in [2.45, 2.75) is 13.5 Å². The molecular formula is C16H14ClN3O. The summed E-state index contributed by atoms with van der Waals surface area (Å²) in [6, 6.07) is 9.29. The second-order valence-electron chi connectivity index (χ2n) is 4.85. The number of pyridine rings is 1. The molecule has 2 aromatic heterocycles. The SMILES string of the molecule is Cc1c(C(=O)NCc2ccncc2)[nH]c2ccc(Cl)cc12. The molecule has 1 aromatic carbocycles. The van der Waals surface area contributed by atoms with Gasteiger partial charge in [0, 0.05) is 34.9 Å². The third-order valence-corrected chi connectivity index (χ3v) is 3.68. The molecule has 0 saturated heterocycles. The third kappa shape index (κ3) is 2.76. The summed E-state index contributed by atoms with van der Waals surface area (Å²) >= 11 is 6.00. The number of aromatic nitrogens is 2. The van der Waals surface area contributed by atoms with Gasteiger partial charge in [0.1, 0.15) is 5.69 Å². The van der Waals surface area contributed by atoms with Crippen molar-refractivity contribution in [1.82, 2.24) is 15.3 Å². The molecule has 21 heavy (non-hydrogen) atoms. The number of hydrogen-bond donors (Lipinski definition) is 2. The van der Waals surface area contributed by atoms with Gasteiger partial charge in [-0.1, -0.05) is 11.6 Å². The van der Waals surface area contributed by atoms with E-state index in [9.17, 15) is 4.79 Å². The maximum atomic E-state index is 12.3. The standard InChI is InChI=1S/C16H14ClN3O/c1-10-13-8-12(17)2-3-14(13)20-15(10)16(21)19-9-11-4-6-18-7-5-11/h2-8,20H,9H2,1H3,(H,19,21). The summed E-state index contributed by atoms with van der Waals surface area (Å²) in [6.07, 6.45) is 3.41. The molecule has 1 amide bonds. The van der Waals surface area contributed by atoms with Gasteiger partial charge in [0.15, 0.2) is 0 Å². The normalized spacial score (nSPS) is 10.8. The molecule has 3 aromatic rings. The molecule has 0 radical (unpaired) electrons. The molecule has 0 aliphatic rings. The van der Waals surface area contributed by atoms with Crippen molar-refractivity contribution < 1.29 is 4.79 Å². The quantitative estimate of drug-likeness (QED) is 0.778. The summed E-state index contributed by atoms with van der Waals surface area (Å²) < 4.78 is 0. The Morgan fingerprint density at radius 3 is 2.81 bits per heavy atom. The molecule has 2 N–H and O–H groups in total. The summed E-state index contributed by atoms with van der Waals surface area (Å²) in [7, 11) is 0. The van der Waals surface area contributed by atoms with Crippen LogP contribution >= 0.6 is 11.6 Å². The molecule has 3 rings (SSSR count). The van der Waals surface area contributed by atoms with Gasteiger partial charge in [-0.3, -0.25) is 9.78 Å². The van der Waals surface area contributed by atoms with Crippen LogP contribution in [0.3, 0.4) is 0 Å². The Labute approximate surface area is 127 Å². The Morgan fingerprint density at radius 2 is 2.05 bits per heavy atom. The summed E-state index contributed by atoms with van der Waals surface area (Å²) in [6.45, 7) is 2.38. The number of benzene rings is 1. The lowest BCUT2D eigenvalue weighted by Gasteiger charge is -2.04. The average Bonchev–Trinajstić information content (AvgIpc) is 2.83. The van der Waals surface area contributed by atoms with Crippen LogP contribution in [0.4, 0.5) is 0 Å². The largest absolute Gasteiger partial charge is 0.350 e. The lowest BCUT2D eigenvalue weighted by molar-refractivity contribution is 0.0946. The second kappa shape index (κ2) is 5.58. The van der Waals surface area contributed by atoms with Crippen LogP contribution in [0, 0.1) is 6.92 Å². The molecular weight excluding hydrogens is 286 g/mol. The lowest BCUT2D eigenvalue weighted by Crippen LogP contribution is -2.23. The van der Waals surface area contributed by atoms with E-state index in [0.29, 0.717) is 17.3 Å². The topological polar surface area (TPSA) is 57.8 Å². The molecule has 0 fully saturated rings. The number of nitrogens with zero attached hydrogens (tertiary/aromatic N) is 1. The van der Waals surface area contributed by atoms with Crippen LogP contribution in [0.25, 0.3) is 10.9 Å². The van der Waals surface area contributed by atoms with Crippen molar-refractivity contribution in [2.24, 2.45) is 0 Å². The number of aromatic amines is 1. The first-order valence-electron chi connectivity index (χ1n) is 6.60. The molecule has 2 heterocycles. The number of nitrogens with one attached hydrogen (secondary N) is 2. The Balaban J connectivity index is 1.83. The Hall–Kier alpha value is -2.33. The van der Waals surface area contributed by atoms with E-state index < -0.39 is 0 Å². The predicted molar refractivity (Wildman–Crippen MR) is 83.5 cm³/mol. The number of amides is 1. The highest BCUT2D eigenvalue weighted by atomic mass is 35.5. The molecule has 0 aliphatic heterocycles. The summed E-state index contributed by atoms with van der Waals surface area (Å²) in [5.41, 5.74) is 3.39. The van der Waals surface area contributed by atoms with Crippen LogP contribution in [0.1, 0.15) is 21.6 Å². The summed E-state index contributed by atoms with van der Waals surface area (Å²) in [4.78, 5) is 19.4. The maximum Gasteiger partial charge on any atom is 0.268 e. The van der Waals surface area contributed by atoms with E-state index in [-0.39, 0.29) is 5.91 Å². The smallest absolute Gasteiger partial charge is 0.268 e.